The Morgan fingerprint density at radius 2 is 2.05 bits per heavy atom. The summed E-state index contributed by atoms with van der Waals surface area (Å²) >= 11 is 0. The summed E-state index contributed by atoms with van der Waals surface area (Å²) in [6.07, 6.45) is -1.16. The SMILES string of the molecule is CC(C)NCC1(c2cccc(C(F)(F)F)c2)CCCC1C. The molecule has 0 aromatic heterocycles. The molecule has 118 valence electrons. The van der Waals surface area contributed by atoms with Gasteiger partial charge in [0.1, 0.15) is 0 Å². The van der Waals surface area contributed by atoms with Gasteiger partial charge < -0.3 is 5.32 Å². The lowest BCUT2D eigenvalue weighted by Gasteiger charge is -2.36. The first-order valence-corrected chi connectivity index (χ1v) is 7.67. The average Bonchev–Trinajstić information content (AvgIpc) is 2.78. The van der Waals surface area contributed by atoms with Gasteiger partial charge >= 0.3 is 6.18 Å². The van der Waals surface area contributed by atoms with Crippen LogP contribution < -0.4 is 5.32 Å². The summed E-state index contributed by atoms with van der Waals surface area (Å²) in [6.45, 7) is 7.04. The van der Waals surface area contributed by atoms with Gasteiger partial charge in [-0.3, -0.25) is 0 Å². The van der Waals surface area contributed by atoms with Gasteiger partial charge in [-0.05, 0) is 30.4 Å². The van der Waals surface area contributed by atoms with Crippen LogP contribution in [0, 0.1) is 5.92 Å². The second kappa shape index (κ2) is 5.99. The van der Waals surface area contributed by atoms with Crippen LogP contribution in [-0.4, -0.2) is 12.6 Å². The number of nitrogens with one attached hydrogen (secondary N) is 1. The van der Waals surface area contributed by atoms with Crippen LogP contribution in [-0.2, 0) is 11.6 Å². The third-order valence-electron chi connectivity index (χ3n) is 4.79. The molecule has 1 aromatic carbocycles. The topological polar surface area (TPSA) is 12.0 Å². The minimum Gasteiger partial charge on any atom is -0.314 e. The molecule has 1 fully saturated rings. The highest BCUT2D eigenvalue weighted by molar-refractivity contribution is 5.34. The largest absolute Gasteiger partial charge is 0.416 e. The van der Waals surface area contributed by atoms with Crippen molar-refractivity contribution in [3.63, 3.8) is 0 Å². The van der Waals surface area contributed by atoms with E-state index in [9.17, 15) is 13.2 Å². The molecule has 1 N–H and O–H groups in total. The molecule has 0 saturated heterocycles. The Kier molecular flexibility index (Phi) is 4.66. The fraction of sp³-hybridized carbons (Fsp3) is 0.647. The summed E-state index contributed by atoms with van der Waals surface area (Å²) < 4.78 is 38.9. The fourth-order valence-electron chi connectivity index (χ4n) is 3.43. The van der Waals surface area contributed by atoms with E-state index in [1.54, 1.807) is 6.07 Å². The molecule has 1 aliphatic rings. The molecule has 1 aromatic rings. The van der Waals surface area contributed by atoms with E-state index in [0.29, 0.717) is 12.0 Å². The van der Waals surface area contributed by atoms with Gasteiger partial charge in [0, 0.05) is 18.0 Å². The molecule has 1 nitrogen and oxygen atoms in total. The minimum atomic E-state index is -4.27. The standard InChI is InChI=1S/C17H24F3N/c1-12(2)21-11-16(9-5-6-13(16)3)14-7-4-8-15(10-14)17(18,19)20/h4,7-8,10,12-13,21H,5-6,9,11H2,1-3H3. The van der Waals surface area contributed by atoms with Crippen LogP contribution in [0.4, 0.5) is 13.2 Å². The number of halogens is 3. The molecular formula is C17H24F3N. The molecule has 2 atom stereocenters. The number of rotatable bonds is 4. The van der Waals surface area contributed by atoms with Gasteiger partial charge in [-0.2, -0.15) is 13.2 Å². The van der Waals surface area contributed by atoms with Crippen molar-refractivity contribution in [3.05, 3.63) is 35.4 Å². The average molecular weight is 299 g/mol. The van der Waals surface area contributed by atoms with Crippen molar-refractivity contribution in [1.29, 1.82) is 0 Å². The molecule has 2 unspecified atom stereocenters. The van der Waals surface area contributed by atoms with Gasteiger partial charge in [0.2, 0.25) is 0 Å². The van der Waals surface area contributed by atoms with E-state index in [4.69, 9.17) is 0 Å². The predicted molar refractivity (Wildman–Crippen MR) is 79.3 cm³/mol. The number of alkyl halides is 3. The monoisotopic (exact) mass is 299 g/mol. The van der Waals surface area contributed by atoms with Crippen molar-refractivity contribution in [2.45, 2.75) is 57.7 Å². The van der Waals surface area contributed by atoms with Gasteiger partial charge in [0.25, 0.3) is 0 Å². The van der Waals surface area contributed by atoms with E-state index in [1.807, 2.05) is 6.07 Å². The Morgan fingerprint density at radius 3 is 2.57 bits per heavy atom. The molecule has 2 rings (SSSR count). The third kappa shape index (κ3) is 3.42. The summed E-state index contributed by atoms with van der Waals surface area (Å²) in [6, 6.07) is 6.25. The number of hydrogen-bond acceptors (Lipinski definition) is 1. The van der Waals surface area contributed by atoms with Gasteiger partial charge in [0.15, 0.2) is 0 Å². The first-order valence-electron chi connectivity index (χ1n) is 7.67. The first-order chi connectivity index (χ1) is 9.75. The highest BCUT2D eigenvalue weighted by Gasteiger charge is 2.42. The van der Waals surface area contributed by atoms with Crippen LogP contribution in [0.25, 0.3) is 0 Å². The molecule has 0 radical (unpaired) electrons. The van der Waals surface area contributed by atoms with Crippen molar-refractivity contribution in [2.24, 2.45) is 5.92 Å². The number of benzene rings is 1. The van der Waals surface area contributed by atoms with Crippen LogP contribution in [0.3, 0.4) is 0 Å². The smallest absolute Gasteiger partial charge is 0.314 e. The molecule has 1 saturated carbocycles. The summed E-state index contributed by atoms with van der Waals surface area (Å²) in [7, 11) is 0. The highest BCUT2D eigenvalue weighted by atomic mass is 19.4. The quantitative estimate of drug-likeness (QED) is 0.845. The summed E-state index contributed by atoms with van der Waals surface area (Å²) in [5.74, 6) is 0.396. The zero-order valence-electron chi connectivity index (χ0n) is 12.9. The number of hydrogen-bond donors (Lipinski definition) is 1. The Balaban J connectivity index is 2.38. The summed E-state index contributed by atoms with van der Waals surface area (Å²) in [5, 5.41) is 3.43. The Hall–Kier alpha value is -1.03. The Labute approximate surface area is 124 Å². The molecule has 0 bridgehead atoms. The summed E-state index contributed by atoms with van der Waals surface area (Å²) in [4.78, 5) is 0. The van der Waals surface area contributed by atoms with E-state index >= 15 is 0 Å². The van der Waals surface area contributed by atoms with E-state index in [2.05, 4.69) is 26.1 Å². The molecule has 0 amide bonds. The van der Waals surface area contributed by atoms with Crippen molar-refractivity contribution >= 4 is 0 Å². The fourth-order valence-corrected chi connectivity index (χ4v) is 3.43. The van der Waals surface area contributed by atoms with Crippen LogP contribution >= 0.6 is 0 Å². The van der Waals surface area contributed by atoms with Crippen LogP contribution in [0.2, 0.25) is 0 Å². The van der Waals surface area contributed by atoms with Crippen molar-refractivity contribution < 1.29 is 13.2 Å². The van der Waals surface area contributed by atoms with E-state index in [0.717, 1.165) is 37.4 Å². The van der Waals surface area contributed by atoms with E-state index < -0.39 is 11.7 Å². The van der Waals surface area contributed by atoms with Crippen LogP contribution in [0.15, 0.2) is 24.3 Å². The van der Waals surface area contributed by atoms with Gasteiger partial charge in [0.05, 0.1) is 5.56 Å². The zero-order chi connectivity index (χ0) is 15.7. The second-order valence-corrected chi connectivity index (χ2v) is 6.56. The highest BCUT2D eigenvalue weighted by Crippen LogP contribution is 2.46. The van der Waals surface area contributed by atoms with E-state index in [1.165, 1.54) is 6.07 Å². The van der Waals surface area contributed by atoms with Crippen molar-refractivity contribution in [1.82, 2.24) is 5.32 Å². The van der Waals surface area contributed by atoms with E-state index in [-0.39, 0.29) is 5.41 Å². The maximum absolute atomic E-state index is 13.0. The predicted octanol–water partition coefficient (Wildman–Crippen LogP) is 4.76. The van der Waals surface area contributed by atoms with Crippen molar-refractivity contribution in [2.75, 3.05) is 6.54 Å². The molecular weight excluding hydrogens is 275 g/mol. The van der Waals surface area contributed by atoms with Crippen molar-refractivity contribution in [3.8, 4) is 0 Å². The minimum absolute atomic E-state index is 0.175. The second-order valence-electron chi connectivity index (χ2n) is 6.56. The van der Waals surface area contributed by atoms with Gasteiger partial charge in [-0.1, -0.05) is 45.4 Å². The lowest BCUT2D eigenvalue weighted by atomic mass is 9.72. The van der Waals surface area contributed by atoms with Crippen LogP contribution in [0.5, 0.6) is 0 Å². The molecule has 4 heteroatoms. The normalized spacial score (nSPS) is 26.5. The molecule has 0 heterocycles. The maximum Gasteiger partial charge on any atom is 0.416 e. The zero-order valence-corrected chi connectivity index (χ0v) is 12.9. The lowest BCUT2D eigenvalue weighted by Crippen LogP contribution is -2.42. The third-order valence-corrected chi connectivity index (χ3v) is 4.79. The first kappa shape index (κ1) is 16.3. The van der Waals surface area contributed by atoms with Crippen LogP contribution in [0.1, 0.15) is 51.2 Å². The maximum atomic E-state index is 13.0. The summed E-state index contributed by atoms with van der Waals surface area (Å²) in [5.41, 5.74) is 0.115. The Bertz CT molecular complexity index is 481. The lowest BCUT2D eigenvalue weighted by molar-refractivity contribution is -0.137. The molecule has 21 heavy (non-hydrogen) atoms. The molecule has 0 aliphatic heterocycles. The molecule has 1 aliphatic carbocycles. The van der Waals surface area contributed by atoms with Gasteiger partial charge in [-0.25, -0.2) is 0 Å². The van der Waals surface area contributed by atoms with Gasteiger partial charge in [-0.15, -0.1) is 0 Å². The molecule has 0 spiro atoms. The Morgan fingerprint density at radius 1 is 1.33 bits per heavy atom.